The minimum absolute atomic E-state index is 0.0575. The number of aryl methyl sites for hydroxylation is 1. The predicted octanol–water partition coefficient (Wildman–Crippen LogP) is 1.57. The molecule has 0 radical (unpaired) electrons. The molecule has 1 aliphatic rings. The highest BCUT2D eigenvalue weighted by molar-refractivity contribution is 5.88. The van der Waals surface area contributed by atoms with E-state index < -0.39 is 24.3 Å². The summed E-state index contributed by atoms with van der Waals surface area (Å²) in [6.07, 6.45) is -3.04. The lowest BCUT2D eigenvalue weighted by atomic mass is 10.1. The van der Waals surface area contributed by atoms with Crippen LogP contribution in [0.15, 0.2) is 18.2 Å². The van der Waals surface area contributed by atoms with E-state index in [1.165, 1.54) is 12.1 Å². The first-order valence-corrected chi connectivity index (χ1v) is 6.05. The SMILES string of the molecule is Cc1cc(OCC2CN(C(=O)O)C(=O)O2)cc(C(=O)O)c1. The van der Waals surface area contributed by atoms with E-state index in [4.69, 9.17) is 19.7 Å². The Balaban J connectivity index is 1.99. The lowest BCUT2D eigenvalue weighted by molar-refractivity contribution is 0.0696. The second-order valence-corrected chi connectivity index (χ2v) is 4.55. The predicted molar refractivity (Wildman–Crippen MR) is 68.6 cm³/mol. The van der Waals surface area contributed by atoms with E-state index in [9.17, 15) is 14.4 Å². The molecule has 2 rings (SSSR count). The van der Waals surface area contributed by atoms with E-state index in [2.05, 4.69) is 0 Å². The highest BCUT2D eigenvalue weighted by Crippen LogP contribution is 2.19. The largest absolute Gasteiger partial charge is 0.490 e. The number of nitrogens with zero attached hydrogens (tertiary/aromatic N) is 1. The van der Waals surface area contributed by atoms with Gasteiger partial charge >= 0.3 is 18.2 Å². The lowest BCUT2D eigenvalue weighted by Crippen LogP contribution is -2.31. The molecule has 0 saturated carbocycles. The van der Waals surface area contributed by atoms with Gasteiger partial charge in [-0.1, -0.05) is 0 Å². The minimum atomic E-state index is -1.38. The van der Waals surface area contributed by atoms with E-state index in [1.807, 2.05) is 0 Å². The Hall–Kier alpha value is -2.77. The quantitative estimate of drug-likeness (QED) is 0.866. The average Bonchev–Trinajstić information content (AvgIpc) is 2.77. The van der Waals surface area contributed by atoms with Crippen LogP contribution in [0.3, 0.4) is 0 Å². The Bertz CT molecular complexity index is 598. The van der Waals surface area contributed by atoms with Crippen molar-refractivity contribution in [2.45, 2.75) is 13.0 Å². The van der Waals surface area contributed by atoms with Crippen molar-refractivity contribution in [1.29, 1.82) is 0 Å². The first-order valence-electron chi connectivity index (χ1n) is 6.05. The van der Waals surface area contributed by atoms with Gasteiger partial charge in [-0.25, -0.2) is 19.3 Å². The third-order valence-electron chi connectivity index (χ3n) is 2.84. The number of ether oxygens (including phenoxy) is 2. The molecule has 0 bridgehead atoms. The van der Waals surface area contributed by atoms with Crippen LogP contribution < -0.4 is 4.74 Å². The van der Waals surface area contributed by atoms with Crippen LogP contribution in [0, 0.1) is 6.92 Å². The van der Waals surface area contributed by atoms with Crippen molar-refractivity contribution in [1.82, 2.24) is 4.90 Å². The van der Waals surface area contributed by atoms with Gasteiger partial charge in [0.2, 0.25) is 0 Å². The van der Waals surface area contributed by atoms with E-state index in [0.29, 0.717) is 16.2 Å². The number of carbonyl (C=O) groups is 3. The molecule has 1 aliphatic heterocycles. The zero-order valence-corrected chi connectivity index (χ0v) is 11.1. The van der Waals surface area contributed by atoms with Crippen LogP contribution in [0.5, 0.6) is 5.75 Å². The summed E-state index contributed by atoms with van der Waals surface area (Å²) < 4.78 is 10.2. The Morgan fingerprint density at radius 3 is 2.67 bits per heavy atom. The highest BCUT2D eigenvalue weighted by atomic mass is 16.6. The fraction of sp³-hybridized carbons (Fsp3) is 0.308. The van der Waals surface area contributed by atoms with Crippen LogP contribution in [0.1, 0.15) is 15.9 Å². The molecule has 1 aromatic carbocycles. The number of imide groups is 1. The summed E-state index contributed by atoms with van der Waals surface area (Å²) in [7, 11) is 0. The summed E-state index contributed by atoms with van der Waals surface area (Å²) in [6.45, 7) is 1.55. The molecule has 1 heterocycles. The minimum Gasteiger partial charge on any atom is -0.490 e. The third kappa shape index (κ3) is 3.41. The van der Waals surface area contributed by atoms with Crippen LogP contribution >= 0.6 is 0 Å². The van der Waals surface area contributed by atoms with Crippen LogP contribution in [0.2, 0.25) is 0 Å². The Morgan fingerprint density at radius 1 is 1.38 bits per heavy atom. The van der Waals surface area contributed by atoms with Crippen molar-refractivity contribution >= 4 is 18.2 Å². The van der Waals surface area contributed by atoms with Gasteiger partial charge in [-0.05, 0) is 30.7 Å². The summed E-state index contributed by atoms with van der Waals surface area (Å²) in [5, 5.41) is 17.7. The molecule has 1 atom stereocenters. The fourth-order valence-electron chi connectivity index (χ4n) is 1.91. The molecule has 0 aromatic heterocycles. The summed E-state index contributed by atoms with van der Waals surface area (Å²) in [6, 6.07) is 4.48. The van der Waals surface area contributed by atoms with Gasteiger partial charge in [0.05, 0.1) is 12.1 Å². The van der Waals surface area contributed by atoms with Crippen LogP contribution in [-0.4, -0.2) is 52.5 Å². The van der Waals surface area contributed by atoms with E-state index in [1.54, 1.807) is 13.0 Å². The van der Waals surface area contributed by atoms with E-state index in [0.717, 1.165) is 0 Å². The standard InChI is InChI=1S/C13H13NO7/c1-7-2-8(11(15)16)4-9(3-7)20-6-10-5-14(12(17)18)13(19)21-10/h2-4,10H,5-6H2,1H3,(H,15,16)(H,17,18). The van der Waals surface area contributed by atoms with Gasteiger partial charge < -0.3 is 19.7 Å². The third-order valence-corrected chi connectivity index (χ3v) is 2.84. The van der Waals surface area contributed by atoms with Gasteiger partial charge in [-0.3, -0.25) is 0 Å². The number of carboxylic acids is 1. The molecule has 8 nitrogen and oxygen atoms in total. The van der Waals surface area contributed by atoms with Gasteiger partial charge in [0.1, 0.15) is 12.4 Å². The van der Waals surface area contributed by atoms with Gasteiger partial charge in [0, 0.05) is 0 Å². The van der Waals surface area contributed by atoms with Crippen molar-refractivity contribution in [3.63, 3.8) is 0 Å². The van der Waals surface area contributed by atoms with Crippen molar-refractivity contribution in [2.75, 3.05) is 13.2 Å². The molecule has 112 valence electrons. The summed E-state index contributed by atoms with van der Waals surface area (Å²) in [4.78, 5) is 33.4. The number of hydrogen-bond acceptors (Lipinski definition) is 5. The molecule has 2 N–H and O–H groups in total. The Kier molecular flexibility index (Phi) is 3.97. The van der Waals surface area contributed by atoms with Crippen molar-refractivity contribution < 1.29 is 34.1 Å². The number of benzene rings is 1. The number of cyclic esters (lactones) is 1. The molecule has 1 fully saturated rings. The fourth-order valence-corrected chi connectivity index (χ4v) is 1.91. The monoisotopic (exact) mass is 295 g/mol. The smallest absolute Gasteiger partial charge is 0.419 e. The van der Waals surface area contributed by atoms with Gasteiger partial charge in [-0.15, -0.1) is 0 Å². The summed E-state index contributed by atoms with van der Waals surface area (Å²) in [5.74, 6) is -0.759. The highest BCUT2D eigenvalue weighted by Gasteiger charge is 2.36. The van der Waals surface area contributed by atoms with Crippen molar-refractivity contribution in [2.24, 2.45) is 0 Å². The number of rotatable bonds is 4. The zero-order valence-electron chi connectivity index (χ0n) is 11.1. The number of carboxylic acid groups (broad SMARTS) is 2. The van der Waals surface area contributed by atoms with E-state index >= 15 is 0 Å². The second-order valence-electron chi connectivity index (χ2n) is 4.55. The average molecular weight is 295 g/mol. The maximum Gasteiger partial charge on any atom is 0.419 e. The maximum atomic E-state index is 11.2. The Labute approximate surface area is 119 Å². The van der Waals surface area contributed by atoms with Gasteiger partial charge in [-0.2, -0.15) is 0 Å². The maximum absolute atomic E-state index is 11.2. The first kappa shape index (κ1) is 14.6. The summed E-state index contributed by atoms with van der Waals surface area (Å²) in [5.41, 5.74) is 0.793. The van der Waals surface area contributed by atoms with Crippen LogP contribution in [0.4, 0.5) is 9.59 Å². The van der Waals surface area contributed by atoms with Crippen LogP contribution in [-0.2, 0) is 4.74 Å². The topological polar surface area (TPSA) is 113 Å². The second kappa shape index (κ2) is 5.70. The number of carbonyl (C=O) groups excluding carboxylic acids is 1. The van der Waals surface area contributed by atoms with Crippen molar-refractivity contribution in [3.05, 3.63) is 29.3 Å². The number of amides is 2. The van der Waals surface area contributed by atoms with E-state index in [-0.39, 0.29) is 18.7 Å². The van der Waals surface area contributed by atoms with Gasteiger partial charge in [0.25, 0.3) is 0 Å². The molecule has 0 spiro atoms. The first-order chi connectivity index (χ1) is 9.86. The van der Waals surface area contributed by atoms with Gasteiger partial charge in [0.15, 0.2) is 6.10 Å². The molecule has 1 saturated heterocycles. The molecule has 1 aromatic rings. The summed E-state index contributed by atoms with van der Waals surface area (Å²) >= 11 is 0. The van der Waals surface area contributed by atoms with Crippen molar-refractivity contribution in [3.8, 4) is 5.75 Å². The molecule has 1 unspecified atom stereocenters. The van der Waals surface area contributed by atoms with Crippen LogP contribution in [0.25, 0.3) is 0 Å². The molecule has 2 amide bonds. The molecule has 21 heavy (non-hydrogen) atoms. The normalized spacial score (nSPS) is 17.5. The number of aromatic carboxylic acids is 1. The molecule has 0 aliphatic carbocycles. The molecule has 8 heteroatoms. The number of hydrogen-bond donors (Lipinski definition) is 2. The Morgan fingerprint density at radius 2 is 2.10 bits per heavy atom. The molecular weight excluding hydrogens is 282 g/mol. The zero-order chi connectivity index (χ0) is 15.6. The lowest BCUT2D eigenvalue weighted by Gasteiger charge is -2.11. The molecular formula is C13H13NO7.